The number of para-hydroxylation sites is 6. The molecule has 0 saturated heterocycles. The van der Waals surface area contributed by atoms with Crippen molar-refractivity contribution in [3.8, 4) is 0 Å². The van der Waals surface area contributed by atoms with Gasteiger partial charge in [-0.15, -0.1) is 0 Å². The summed E-state index contributed by atoms with van der Waals surface area (Å²) in [7, 11) is 0. The predicted molar refractivity (Wildman–Crippen MR) is 632 cm³/mol. The van der Waals surface area contributed by atoms with Gasteiger partial charge in [0.25, 0.3) is 13.4 Å². The zero-order valence-corrected chi connectivity index (χ0v) is 85.4. The predicted octanol–water partition coefficient (Wildman–Crippen LogP) is 31.7. The lowest BCUT2D eigenvalue weighted by Crippen LogP contribution is -2.62. The minimum atomic E-state index is -0.702. The molecule has 0 amide bonds. The van der Waals surface area contributed by atoms with Gasteiger partial charge in [-0.25, -0.2) is 0 Å². The van der Waals surface area contributed by atoms with Crippen molar-refractivity contribution in [2.24, 2.45) is 0 Å². The van der Waals surface area contributed by atoms with Crippen LogP contribution in [-0.2, 0) is 32.5 Å². The van der Waals surface area contributed by atoms with Crippen molar-refractivity contribution in [1.82, 2.24) is 0 Å². The Hall–Kier alpha value is -17.8. The number of rotatable bonds is 20. The molecular formula is C144H114B2N4. The van der Waals surface area contributed by atoms with Crippen LogP contribution in [0.1, 0.15) is 142 Å². The van der Waals surface area contributed by atoms with Gasteiger partial charge >= 0.3 is 0 Å². The lowest BCUT2D eigenvalue weighted by Gasteiger charge is -2.47. The number of nitrogens with zero attached hydrogens (tertiary/aromatic N) is 4. The Morgan fingerprint density at radius 3 is 0.473 bits per heavy atom. The van der Waals surface area contributed by atoms with E-state index >= 15 is 0 Å². The van der Waals surface area contributed by atoms with Crippen molar-refractivity contribution in [2.45, 2.75) is 74.0 Å². The van der Waals surface area contributed by atoms with Crippen LogP contribution in [0, 0.1) is 0 Å². The molecule has 0 bridgehead atoms. The molecule has 4 nitrogen and oxygen atoms in total. The second kappa shape index (κ2) is 38.5. The van der Waals surface area contributed by atoms with Crippen LogP contribution in [0.5, 0.6) is 0 Å². The van der Waals surface area contributed by atoms with E-state index in [1.807, 2.05) is 0 Å². The molecule has 4 aliphatic heterocycles. The minimum Gasteiger partial charge on any atom is -0.311 e. The summed E-state index contributed by atoms with van der Waals surface area (Å²) < 4.78 is 0. The number of benzene rings is 22. The van der Waals surface area contributed by atoms with Crippen molar-refractivity contribution in [3.63, 3.8) is 0 Å². The summed E-state index contributed by atoms with van der Waals surface area (Å²) in [5.41, 5.74) is 40.6. The van der Waals surface area contributed by atoms with Gasteiger partial charge in [0.1, 0.15) is 0 Å². The first kappa shape index (κ1) is 93.2. The number of hydrogen-bond donors (Lipinski definition) is 0. The lowest BCUT2D eigenvalue weighted by atomic mass is 9.33. The highest BCUT2D eigenvalue weighted by atomic mass is 15.2. The molecule has 0 aromatic heterocycles. The van der Waals surface area contributed by atoms with E-state index in [4.69, 9.17) is 0 Å². The standard InChI is InChI=1S/C76H65BN2.C68H49BN2/c1-73(2,3)60-48-50-68-64(52-60)77-65-53-61(74(4,5)6)49-51-69(65)79(67-45-28-26-43-63(67)76(57-36-19-10-20-37-57,58-38-21-11-22-39-58)59-40-23-12-24-41-59)71-47-29-46-70(72(71)77)78(68)66-44-27-25-42-62(66)75(54-30-13-7-14-31-54,55-32-15-8-16-33-55)56-34-17-9-18-35-56;1-7-28-50(29-8-1)67(51-30-9-2-10-31-51,52-32-11-3-12-33-52)56-40-19-23-44-60(56)70-62-46-25-21-42-58(62)69-59-43-22-26-47-63(59)71(65-49-27-48-64(70)66(65)69)61-45-24-20-41-57(61)68(53-34-13-4-14-35-53,54-36-15-5-16-37-54)55-38-17-6-18-39-55/h7-53H,1-6H3;1-49H. The maximum Gasteiger partial charge on any atom is 0.252 e. The van der Waals surface area contributed by atoms with E-state index < -0.39 is 21.7 Å². The Bertz CT molecular complexity index is 7760. The van der Waals surface area contributed by atoms with Gasteiger partial charge in [0.05, 0.1) is 44.4 Å². The van der Waals surface area contributed by atoms with Gasteiger partial charge in [0.15, 0.2) is 0 Å². The summed E-state index contributed by atoms with van der Waals surface area (Å²) in [4.78, 5) is 10.4. The van der Waals surface area contributed by atoms with Gasteiger partial charge in [-0.3, -0.25) is 0 Å². The van der Waals surface area contributed by atoms with E-state index in [9.17, 15) is 0 Å². The number of fused-ring (bicyclic) bond motifs is 8. The summed E-state index contributed by atoms with van der Waals surface area (Å²) in [6.07, 6.45) is 0. The molecule has 0 saturated carbocycles. The Balaban J connectivity index is 0.000000156. The summed E-state index contributed by atoms with van der Waals surface area (Å²) in [5, 5.41) is 0. The zero-order chi connectivity index (χ0) is 101. The molecule has 22 aromatic rings. The first-order valence-corrected chi connectivity index (χ1v) is 52.8. The summed E-state index contributed by atoms with van der Waals surface area (Å²) in [5.74, 6) is 0. The van der Waals surface area contributed by atoms with Gasteiger partial charge < -0.3 is 19.6 Å². The molecule has 4 aliphatic rings. The lowest BCUT2D eigenvalue weighted by molar-refractivity contribution is 0.590. The molecule has 0 spiro atoms. The van der Waals surface area contributed by atoms with E-state index in [-0.39, 0.29) is 24.3 Å². The average molecular weight is 1920 g/mol. The molecule has 4 heterocycles. The van der Waals surface area contributed by atoms with Crippen molar-refractivity contribution in [1.29, 1.82) is 0 Å². The van der Waals surface area contributed by atoms with E-state index in [0.29, 0.717) is 0 Å². The topological polar surface area (TPSA) is 13.0 Å². The highest BCUT2D eigenvalue weighted by Crippen LogP contribution is 2.60. The van der Waals surface area contributed by atoms with Crippen LogP contribution in [0.25, 0.3) is 0 Å². The van der Waals surface area contributed by atoms with E-state index in [0.717, 1.165) is 22.7 Å². The van der Waals surface area contributed by atoms with E-state index in [1.165, 1.54) is 178 Å². The Labute approximate surface area is 884 Å². The second-order valence-corrected chi connectivity index (χ2v) is 42.3. The first-order valence-electron chi connectivity index (χ1n) is 52.8. The van der Waals surface area contributed by atoms with Crippen molar-refractivity contribution in [2.75, 3.05) is 19.6 Å². The van der Waals surface area contributed by atoms with Gasteiger partial charge in [-0.1, -0.05) is 551 Å². The minimum absolute atomic E-state index is 0.0234. The molecule has 0 atom stereocenters. The smallest absolute Gasteiger partial charge is 0.252 e. The van der Waals surface area contributed by atoms with Crippen LogP contribution in [-0.4, -0.2) is 13.4 Å². The van der Waals surface area contributed by atoms with E-state index in [2.05, 4.69) is 644 Å². The van der Waals surface area contributed by atoms with Crippen molar-refractivity contribution >= 4 is 114 Å². The fourth-order valence-electron chi connectivity index (χ4n) is 25.8. The number of hydrogen-bond acceptors (Lipinski definition) is 4. The quantitative estimate of drug-likeness (QED) is 0.0557. The van der Waals surface area contributed by atoms with Crippen molar-refractivity contribution < 1.29 is 0 Å². The van der Waals surface area contributed by atoms with Crippen LogP contribution in [0.15, 0.2) is 582 Å². The molecule has 0 N–H and O–H groups in total. The molecular weight excluding hydrogens is 1810 g/mol. The third-order valence-corrected chi connectivity index (χ3v) is 32.2. The fraction of sp³-hybridized carbons (Fsp3) is 0.0833. The Kier molecular flexibility index (Phi) is 24.0. The van der Waals surface area contributed by atoms with Crippen LogP contribution in [0.2, 0.25) is 0 Å². The zero-order valence-electron chi connectivity index (χ0n) is 85.4. The molecule has 716 valence electrons. The number of anilines is 12. The van der Waals surface area contributed by atoms with Gasteiger partial charge in [-0.2, -0.15) is 0 Å². The molecule has 6 heteroatoms. The second-order valence-electron chi connectivity index (χ2n) is 42.3. The first-order chi connectivity index (χ1) is 73.8. The van der Waals surface area contributed by atoms with E-state index in [1.54, 1.807) is 0 Å². The third kappa shape index (κ3) is 15.2. The monoisotopic (exact) mass is 1920 g/mol. The third-order valence-electron chi connectivity index (χ3n) is 32.2. The Morgan fingerprint density at radius 2 is 0.280 bits per heavy atom. The highest BCUT2D eigenvalue weighted by Gasteiger charge is 2.53. The maximum atomic E-state index is 2.63. The fourth-order valence-corrected chi connectivity index (χ4v) is 25.8. The molecule has 150 heavy (non-hydrogen) atoms. The largest absolute Gasteiger partial charge is 0.311 e. The summed E-state index contributed by atoms with van der Waals surface area (Å²) >= 11 is 0. The van der Waals surface area contributed by atoms with Crippen LogP contribution in [0.4, 0.5) is 68.2 Å². The van der Waals surface area contributed by atoms with Gasteiger partial charge in [0, 0.05) is 45.5 Å². The molecule has 0 fully saturated rings. The van der Waals surface area contributed by atoms with Crippen molar-refractivity contribution in [3.05, 3.63) is 683 Å². The molecule has 0 aliphatic carbocycles. The summed E-state index contributed by atoms with van der Waals surface area (Å²) in [6, 6.07) is 217. The van der Waals surface area contributed by atoms with Gasteiger partial charge in [0.2, 0.25) is 0 Å². The molecule has 0 unspecified atom stereocenters. The highest BCUT2D eigenvalue weighted by molar-refractivity contribution is 7.01. The summed E-state index contributed by atoms with van der Waals surface area (Å²) in [6.45, 7) is 14.0. The molecule has 0 radical (unpaired) electrons. The SMILES string of the molecule is CC(C)(C)c1ccc2c(c1)B1c3cc(C(C)(C)C)ccc3N(c3ccccc3C(c3ccccc3)(c3ccccc3)c3ccccc3)c3cccc(c31)N2c1ccccc1C(c1ccccc1)(c1ccccc1)c1ccccc1.c1ccc(C(c2ccccc2)(c2ccccc2)c2ccccc2N2c3ccccc3B3c4ccccc4N(c4ccccc4C(c4ccccc4)(c4ccccc4)c4ccccc4)c4cccc2c43)cc1. The molecule has 26 rings (SSSR count). The molecule has 22 aromatic carbocycles. The normalized spacial score (nSPS) is 12.9. The Morgan fingerprint density at radius 1 is 0.127 bits per heavy atom. The van der Waals surface area contributed by atoms with Gasteiger partial charge in [-0.05, 0) is 217 Å². The average Bonchev–Trinajstić information content (AvgIpc) is 0.686. The van der Waals surface area contributed by atoms with Crippen LogP contribution >= 0.6 is 0 Å². The maximum absolute atomic E-state index is 2.63. The van der Waals surface area contributed by atoms with Crippen LogP contribution in [0.3, 0.4) is 0 Å². The van der Waals surface area contributed by atoms with Crippen LogP contribution < -0.4 is 52.4 Å².